The summed E-state index contributed by atoms with van der Waals surface area (Å²) in [5, 5.41) is 4.34. The van der Waals surface area contributed by atoms with Crippen molar-refractivity contribution in [2.24, 2.45) is 5.10 Å². The summed E-state index contributed by atoms with van der Waals surface area (Å²) >= 11 is 5.90. The van der Waals surface area contributed by atoms with E-state index in [0.29, 0.717) is 40.9 Å². The van der Waals surface area contributed by atoms with Gasteiger partial charge in [0.1, 0.15) is 5.82 Å². The lowest BCUT2D eigenvalue weighted by Gasteiger charge is -2.21. The Kier molecular flexibility index (Phi) is 10.6. The van der Waals surface area contributed by atoms with Crippen molar-refractivity contribution in [3.05, 3.63) is 88.7 Å². The van der Waals surface area contributed by atoms with Crippen molar-refractivity contribution in [1.82, 2.24) is 9.73 Å². The zero-order valence-corrected chi connectivity index (χ0v) is 22.6. The fourth-order valence-electron chi connectivity index (χ4n) is 3.35. The number of amides is 1. The summed E-state index contributed by atoms with van der Waals surface area (Å²) < 4.78 is 52.3. The monoisotopic (exact) mass is 561 g/mol. The maximum atomic E-state index is 13.4. The Labute approximate surface area is 227 Å². The van der Waals surface area contributed by atoms with Crippen molar-refractivity contribution < 1.29 is 27.1 Å². The molecule has 0 radical (unpaired) electrons. The van der Waals surface area contributed by atoms with Crippen molar-refractivity contribution in [3.8, 4) is 11.5 Å². The first kappa shape index (κ1) is 29.1. The van der Waals surface area contributed by atoms with Gasteiger partial charge in [0, 0.05) is 11.6 Å². The highest BCUT2D eigenvalue weighted by Crippen LogP contribution is 2.28. The van der Waals surface area contributed by atoms with Gasteiger partial charge >= 0.3 is 0 Å². The molecule has 38 heavy (non-hydrogen) atoms. The summed E-state index contributed by atoms with van der Waals surface area (Å²) in [5.74, 6) is 0.0497. The van der Waals surface area contributed by atoms with Crippen LogP contribution in [0.2, 0.25) is 5.02 Å². The highest BCUT2D eigenvalue weighted by molar-refractivity contribution is 7.89. The number of nitrogens with zero attached hydrogens (tertiary/aromatic N) is 2. The largest absolute Gasteiger partial charge is 0.490 e. The molecule has 0 spiro atoms. The third kappa shape index (κ3) is 8.27. The predicted molar refractivity (Wildman–Crippen MR) is 145 cm³/mol. The van der Waals surface area contributed by atoms with Crippen LogP contribution in [0.5, 0.6) is 11.5 Å². The number of hydrazone groups is 1. The van der Waals surface area contributed by atoms with Crippen LogP contribution in [0.1, 0.15) is 31.4 Å². The second kappa shape index (κ2) is 13.9. The molecule has 0 fully saturated rings. The molecule has 0 unspecified atom stereocenters. The van der Waals surface area contributed by atoms with Crippen molar-refractivity contribution in [2.45, 2.75) is 31.7 Å². The highest BCUT2D eigenvalue weighted by Gasteiger charge is 2.27. The molecule has 0 aliphatic heterocycles. The van der Waals surface area contributed by atoms with Crippen LogP contribution in [0, 0.1) is 5.82 Å². The number of sulfonamides is 1. The third-order valence-corrected chi connectivity index (χ3v) is 7.23. The zero-order valence-electron chi connectivity index (χ0n) is 21.1. The van der Waals surface area contributed by atoms with E-state index in [1.807, 2.05) is 13.8 Å². The van der Waals surface area contributed by atoms with E-state index >= 15 is 0 Å². The van der Waals surface area contributed by atoms with Gasteiger partial charge in [0.15, 0.2) is 11.5 Å². The summed E-state index contributed by atoms with van der Waals surface area (Å²) in [6.45, 7) is 4.20. The number of hydrogen-bond donors (Lipinski definition) is 1. The molecule has 0 atom stereocenters. The van der Waals surface area contributed by atoms with Crippen LogP contribution >= 0.6 is 11.6 Å². The molecule has 3 aromatic rings. The highest BCUT2D eigenvalue weighted by atomic mass is 35.5. The number of carbonyl (C=O) groups excluding carboxylic acids is 1. The summed E-state index contributed by atoms with van der Waals surface area (Å²) in [4.78, 5) is 12.7. The average molecular weight is 562 g/mol. The minimum absolute atomic E-state index is 0.0332. The summed E-state index contributed by atoms with van der Waals surface area (Å²) in [6, 6.07) is 16.2. The zero-order chi connectivity index (χ0) is 27.5. The molecule has 0 aliphatic rings. The van der Waals surface area contributed by atoms with E-state index < -0.39 is 28.3 Å². The van der Waals surface area contributed by atoms with Gasteiger partial charge in [-0.05, 0) is 79.1 Å². The number of benzene rings is 3. The van der Waals surface area contributed by atoms with Crippen molar-refractivity contribution in [2.75, 3.05) is 19.8 Å². The first-order valence-corrected chi connectivity index (χ1v) is 13.8. The standard InChI is InChI=1S/C27H29ClFN3O5S/c1-3-15-37-25-14-7-21(16-26(25)36-4-2)17-30-31-27(33)19-32(18-20-5-10-23(29)11-6-20)38(34,35)24-12-8-22(28)9-13-24/h5-14,16-17H,3-4,15,18-19H2,1-2H3,(H,31,33)/b30-17-. The minimum Gasteiger partial charge on any atom is -0.490 e. The summed E-state index contributed by atoms with van der Waals surface area (Å²) in [7, 11) is -4.09. The Morgan fingerprint density at radius 3 is 2.39 bits per heavy atom. The van der Waals surface area contributed by atoms with Crippen molar-refractivity contribution >= 4 is 33.7 Å². The van der Waals surface area contributed by atoms with Gasteiger partial charge in [-0.1, -0.05) is 30.7 Å². The number of nitrogens with one attached hydrogen (secondary N) is 1. The lowest BCUT2D eigenvalue weighted by molar-refractivity contribution is -0.121. The van der Waals surface area contributed by atoms with Gasteiger partial charge in [0.05, 0.1) is 30.9 Å². The predicted octanol–water partition coefficient (Wildman–Crippen LogP) is 5.01. The van der Waals surface area contributed by atoms with E-state index in [4.69, 9.17) is 21.1 Å². The number of halogens is 2. The fourth-order valence-corrected chi connectivity index (χ4v) is 4.86. The Morgan fingerprint density at radius 2 is 1.74 bits per heavy atom. The van der Waals surface area contributed by atoms with Crippen LogP contribution in [-0.4, -0.2) is 44.6 Å². The Morgan fingerprint density at radius 1 is 1.03 bits per heavy atom. The smallest absolute Gasteiger partial charge is 0.255 e. The molecule has 202 valence electrons. The van der Waals surface area contributed by atoms with Crippen LogP contribution < -0.4 is 14.9 Å². The quantitative estimate of drug-likeness (QED) is 0.234. The van der Waals surface area contributed by atoms with Crippen LogP contribution in [0.25, 0.3) is 0 Å². The summed E-state index contributed by atoms with van der Waals surface area (Å²) in [5.41, 5.74) is 3.52. The lowest BCUT2D eigenvalue weighted by atomic mass is 10.2. The van der Waals surface area contributed by atoms with Crippen LogP contribution in [0.15, 0.2) is 76.7 Å². The van der Waals surface area contributed by atoms with Gasteiger partial charge in [-0.15, -0.1) is 0 Å². The molecule has 1 N–H and O–H groups in total. The maximum Gasteiger partial charge on any atom is 0.255 e. The number of carbonyl (C=O) groups is 1. The van der Waals surface area contributed by atoms with Gasteiger partial charge in [0.25, 0.3) is 5.91 Å². The Hall–Kier alpha value is -3.47. The van der Waals surface area contributed by atoms with Gasteiger partial charge in [-0.25, -0.2) is 18.2 Å². The first-order valence-electron chi connectivity index (χ1n) is 11.9. The fraction of sp³-hybridized carbons (Fsp3) is 0.259. The molecule has 0 aliphatic carbocycles. The SMILES string of the molecule is CCCOc1ccc(/C=N\NC(=O)CN(Cc2ccc(F)cc2)S(=O)(=O)c2ccc(Cl)cc2)cc1OCC. The normalized spacial score (nSPS) is 11.6. The van der Waals surface area contributed by atoms with Crippen LogP contribution in [0.3, 0.4) is 0 Å². The lowest BCUT2D eigenvalue weighted by Crippen LogP contribution is -2.39. The first-order chi connectivity index (χ1) is 18.2. The van der Waals surface area contributed by atoms with Crippen molar-refractivity contribution in [3.63, 3.8) is 0 Å². The molecular weight excluding hydrogens is 533 g/mol. The van der Waals surface area contributed by atoms with E-state index in [9.17, 15) is 17.6 Å². The maximum absolute atomic E-state index is 13.4. The van der Waals surface area contributed by atoms with Gasteiger partial charge < -0.3 is 9.47 Å². The molecule has 0 heterocycles. The van der Waals surface area contributed by atoms with E-state index in [-0.39, 0.29) is 11.4 Å². The number of hydrogen-bond acceptors (Lipinski definition) is 6. The van der Waals surface area contributed by atoms with E-state index in [1.54, 1.807) is 18.2 Å². The third-order valence-electron chi connectivity index (χ3n) is 5.18. The van der Waals surface area contributed by atoms with Gasteiger partial charge in [-0.2, -0.15) is 9.41 Å². The Bertz CT molecular complexity index is 1350. The molecule has 0 bridgehead atoms. The molecule has 11 heteroatoms. The molecule has 3 aromatic carbocycles. The topological polar surface area (TPSA) is 97.3 Å². The van der Waals surface area contributed by atoms with Gasteiger partial charge in [-0.3, -0.25) is 4.79 Å². The molecular formula is C27H29ClFN3O5S. The molecule has 1 amide bonds. The van der Waals surface area contributed by atoms with Crippen LogP contribution in [0.4, 0.5) is 4.39 Å². The average Bonchev–Trinajstić information content (AvgIpc) is 2.89. The number of ether oxygens (including phenoxy) is 2. The molecule has 0 aromatic heterocycles. The second-order valence-corrected chi connectivity index (χ2v) is 10.5. The van der Waals surface area contributed by atoms with E-state index in [2.05, 4.69) is 10.5 Å². The van der Waals surface area contributed by atoms with Crippen molar-refractivity contribution in [1.29, 1.82) is 0 Å². The number of rotatable bonds is 13. The molecule has 0 saturated carbocycles. The van der Waals surface area contributed by atoms with E-state index in [0.717, 1.165) is 10.7 Å². The summed E-state index contributed by atoms with van der Waals surface area (Å²) in [6.07, 6.45) is 2.27. The van der Waals surface area contributed by atoms with Crippen LogP contribution in [-0.2, 0) is 21.4 Å². The molecule has 8 nitrogen and oxygen atoms in total. The second-order valence-electron chi connectivity index (χ2n) is 8.13. The minimum atomic E-state index is -4.09. The van der Waals surface area contributed by atoms with Gasteiger partial charge in [0.2, 0.25) is 10.0 Å². The molecule has 0 saturated heterocycles. The molecule has 3 rings (SSSR count). The van der Waals surface area contributed by atoms with E-state index in [1.165, 1.54) is 54.7 Å². The Balaban J connectivity index is 1.75.